The Labute approximate surface area is 196 Å². The molecule has 0 N–H and O–H groups in total. The molecule has 1 aromatic carbocycles. The largest absolute Gasteiger partial charge is 0.467 e. The maximum Gasteiger partial charge on any atom is 0.324 e. The van der Waals surface area contributed by atoms with E-state index in [0.29, 0.717) is 12.5 Å². The number of benzene rings is 1. The summed E-state index contributed by atoms with van der Waals surface area (Å²) in [5.74, 6) is -5.09. The number of aromatic nitrogens is 4. The van der Waals surface area contributed by atoms with Crippen molar-refractivity contribution in [3.05, 3.63) is 42.4 Å². The number of hydrogen-bond donors (Lipinski definition) is 0. The molecule has 0 bridgehead atoms. The number of carbonyl (C=O) groups is 1. The van der Waals surface area contributed by atoms with Gasteiger partial charge in [-0.15, -0.1) is 0 Å². The van der Waals surface area contributed by atoms with Crippen molar-refractivity contribution in [3.63, 3.8) is 0 Å². The SMILES string of the molecule is COc1ncc([C@H](C(C)=NC(=O)C(C)(F)F)n2ncc3cc(N4CCN(C)CC4)ccc32)cn1. The van der Waals surface area contributed by atoms with Crippen LogP contribution in [0.25, 0.3) is 10.9 Å². The Morgan fingerprint density at radius 1 is 1.15 bits per heavy atom. The summed E-state index contributed by atoms with van der Waals surface area (Å²) in [6.45, 7) is 5.89. The fraction of sp³-hybridized carbons (Fsp3) is 0.435. The molecule has 11 heteroatoms. The van der Waals surface area contributed by atoms with Crippen LogP contribution >= 0.6 is 0 Å². The summed E-state index contributed by atoms with van der Waals surface area (Å²) in [5.41, 5.74) is 2.54. The van der Waals surface area contributed by atoms with Gasteiger partial charge in [-0.2, -0.15) is 13.9 Å². The van der Waals surface area contributed by atoms with Crippen LogP contribution in [0.3, 0.4) is 0 Å². The minimum atomic E-state index is -3.58. The van der Waals surface area contributed by atoms with Gasteiger partial charge in [-0.1, -0.05) is 0 Å². The van der Waals surface area contributed by atoms with E-state index in [1.165, 1.54) is 26.4 Å². The third-order valence-corrected chi connectivity index (χ3v) is 5.89. The number of piperazine rings is 1. The Morgan fingerprint density at radius 3 is 2.44 bits per heavy atom. The molecule has 180 valence electrons. The van der Waals surface area contributed by atoms with E-state index in [1.807, 2.05) is 12.1 Å². The number of ether oxygens (including phenoxy) is 1. The zero-order chi connectivity index (χ0) is 24.5. The van der Waals surface area contributed by atoms with Crippen LogP contribution in [0.2, 0.25) is 0 Å². The van der Waals surface area contributed by atoms with Crippen LogP contribution in [-0.4, -0.2) is 82.5 Å². The maximum absolute atomic E-state index is 13.6. The number of fused-ring (bicyclic) bond motifs is 1. The van der Waals surface area contributed by atoms with E-state index in [9.17, 15) is 13.6 Å². The number of anilines is 1. The molecule has 1 aliphatic rings. The van der Waals surface area contributed by atoms with E-state index in [1.54, 1.807) is 10.9 Å². The summed E-state index contributed by atoms with van der Waals surface area (Å²) in [6.07, 6.45) is 4.74. The molecule has 0 unspecified atom stereocenters. The molecule has 0 radical (unpaired) electrons. The van der Waals surface area contributed by atoms with Crippen LogP contribution in [0.4, 0.5) is 14.5 Å². The lowest BCUT2D eigenvalue weighted by Crippen LogP contribution is -2.44. The molecule has 1 fully saturated rings. The molecule has 34 heavy (non-hydrogen) atoms. The third-order valence-electron chi connectivity index (χ3n) is 5.89. The highest BCUT2D eigenvalue weighted by Crippen LogP contribution is 2.29. The summed E-state index contributed by atoms with van der Waals surface area (Å²) in [5, 5.41) is 5.41. The lowest BCUT2D eigenvalue weighted by molar-refractivity contribution is -0.139. The minimum absolute atomic E-state index is 0.147. The minimum Gasteiger partial charge on any atom is -0.467 e. The van der Waals surface area contributed by atoms with Gasteiger partial charge < -0.3 is 14.5 Å². The quantitative estimate of drug-likeness (QED) is 0.511. The molecule has 9 nitrogen and oxygen atoms in total. The van der Waals surface area contributed by atoms with Crippen molar-refractivity contribution in [3.8, 4) is 6.01 Å². The molecular formula is C23H27F2N7O2. The van der Waals surface area contributed by atoms with Crippen LogP contribution in [0.1, 0.15) is 25.5 Å². The van der Waals surface area contributed by atoms with Crippen molar-refractivity contribution in [1.82, 2.24) is 24.6 Å². The van der Waals surface area contributed by atoms with Gasteiger partial charge in [-0.05, 0) is 32.2 Å². The Kier molecular flexibility index (Phi) is 6.56. The van der Waals surface area contributed by atoms with Gasteiger partial charge in [0.2, 0.25) is 0 Å². The second kappa shape index (κ2) is 9.41. The lowest BCUT2D eigenvalue weighted by Gasteiger charge is -2.34. The molecule has 0 aliphatic carbocycles. The van der Waals surface area contributed by atoms with Gasteiger partial charge in [-0.25, -0.2) is 15.0 Å². The number of halogens is 2. The van der Waals surface area contributed by atoms with E-state index in [4.69, 9.17) is 4.74 Å². The van der Waals surface area contributed by atoms with Crippen molar-refractivity contribution >= 4 is 28.2 Å². The van der Waals surface area contributed by atoms with Crippen LogP contribution in [0.15, 0.2) is 41.8 Å². The molecule has 3 aromatic rings. The molecule has 3 heterocycles. The molecule has 0 spiro atoms. The van der Waals surface area contributed by atoms with Gasteiger partial charge in [0.1, 0.15) is 6.04 Å². The van der Waals surface area contributed by atoms with E-state index in [2.05, 4.69) is 43.0 Å². The fourth-order valence-corrected chi connectivity index (χ4v) is 3.96. The molecule has 4 rings (SSSR count). The number of likely N-dealkylation sites (N-methyl/N-ethyl adjacent to an activating group) is 1. The standard InChI is InChI=1S/C23H27F2N7O2/c1-15(29-21(33)23(2,24)25)20(17-12-26-22(34-4)27-13-17)32-19-6-5-18(11-16(19)14-28-32)31-9-7-30(3)8-10-31/h5-6,11-14,20H,7-10H2,1-4H3/t20-/m0/s1. The van der Waals surface area contributed by atoms with Gasteiger partial charge in [0, 0.05) is 67.8 Å². The number of nitrogens with zero attached hydrogens (tertiary/aromatic N) is 7. The number of hydrogen-bond acceptors (Lipinski definition) is 7. The summed E-state index contributed by atoms with van der Waals surface area (Å²) in [4.78, 5) is 28.5. The number of aliphatic imine (C=N–C) groups is 1. The Morgan fingerprint density at radius 2 is 1.82 bits per heavy atom. The molecule has 1 amide bonds. The second-order valence-electron chi connectivity index (χ2n) is 8.47. The monoisotopic (exact) mass is 471 g/mol. The highest BCUT2D eigenvalue weighted by atomic mass is 19.3. The first-order valence-electron chi connectivity index (χ1n) is 10.9. The van der Waals surface area contributed by atoms with Crippen LogP contribution in [0, 0.1) is 0 Å². The number of rotatable bonds is 6. The van der Waals surface area contributed by atoms with Crippen molar-refractivity contribution in [2.24, 2.45) is 4.99 Å². The smallest absolute Gasteiger partial charge is 0.324 e. The summed E-state index contributed by atoms with van der Waals surface area (Å²) >= 11 is 0. The third kappa shape index (κ3) is 4.89. The summed E-state index contributed by atoms with van der Waals surface area (Å²) in [6, 6.07) is 5.42. The average molecular weight is 472 g/mol. The predicted molar refractivity (Wildman–Crippen MR) is 125 cm³/mol. The Bertz CT molecular complexity index is 1200. The molecule has 2 aromatic heterocycles. The first-order chi connectivity index (χ1) is 16.2. The molecule has 1 saturated heterocycles. The van der Waals surface area contributed by atoms with Gasteiger partial charge in [0.25, 0.3) is 0 Å². The first-order valence-corrected chi connectivity index (χ1v) is 10.9. The number of carbonyl (C=O) groups excluding carboxylic acids is 1. The van der Waals surface area contributed by atoms with Gasteiger partial charge >= 0.3 is 17.8 Å². The summed E-state index contributed by atoms with van der Waals surface area (Å²) < 4.78 is 33.8. The van der Waals surface area contributed by atoms with Crippen molar-refractivity contribution in [2.45, 2.75) is 25.8 Å². The van der Waals surface area contributed by atoms with Gasteiger partial charge in [0.15, 0.2) is 0 Å². The number of amides is 1. The van der Waals surface area contributed by atoms with E-state index < -0.39 is 17.9 Å². The van der Waals surface area contributed by atoms with E-state index in [-0.39, 0.29) is 11.7 Å². The highest BCUT2D eigenvalue weighted by Gasteiger charge is 2.33. The molecular weight excluding hydrogens is 444 g/mol. The van der Waals surface area contributed by atoms with E-state index in [0.717, 1.165) is 42.8 Å². The van der Waals surface area contributed by atoms with Gasteiger partial charge in [-0.3, -0.25) is 9.48 Å². The Balaban J connectivity index is 1.75. The van der Waals surface area contributed by atoms with Crippen LogP contribution < -0.4 is 9.64 Å². The zero-order valence-corrected chi connectivity index (χ0v) is 19.6. The lowest BCUT2D eigenvalue weighted by atomic mass is 10.1. The molecule has 1 aliphatic heterocycles. The maximum atomic E-state index is 13.6. The highest BCUT2D eigenvalue weighted by molar-refractivity contribution is 6.00. The van der Waals surface area contributed by atoms with E-state index >= 15 is 0 Å². The van der Waals surface area contributed by atoms with Crippen molar-refractivity contribution in [2.75, 3.05) is 45.2 Å². The van der Waals surface area contributed by atoms with Crippen LogP contribution in [0.5, 0.6) is 6.01 Å². The normalized spacial score (nSPS) is 16.6. The van der Waals surface area contributed by atoms with Crippen LogP contribution in [-0.2, 0) is 4.79 Å². The predicted octanol–water partition coefficient (Wildman–Crippen LogP) is 2.82. The Hall–Kier alpha value is -3.47. The topological polar surface area (TPSA) is 88.7 Å². The number of methoxy groups -OCH3 is 1. The van der Waals surface area contributed by atoms with Gasteiger partial charge in [0.05, 0.1) is 18.8 Å². The molecule has 0 saturated carbocycles. The zero-order valence-electron chi connectivity index (χ0n) is 19.6. The first kappa shape index (κ1) is 23.7. The summed E-state index contributed by atoms with van der Waals surface area (Å²) in [7, 11) is 3.55. The number of alkyl halides is 2. The average Bonchev–Trinajstić information content (AvgIpc) is 3.22. The fourth-order valence-electron chi connectivity index (χ4n) is 3.96. The van der Waals surface area contributed by atoms with Crippen molar-refractivity contribution in [1.29, 1.82) is 0 Å². The molecule has 1 atom stereocenters. The van der Waals surface area contributed by atoms with Crippen molar-refractivity contribution < 1.29 is 18.3 Å². The second-order valence-corrected chi connectivity index (χ2v) is 8.47.